The van der Waals surface area contributed by atoms with Crippen LogP contribution in [0.1, 0.15) is 30.1 Å². The van der Waals surface area contributed by atoms with Gasteiger partial charge >= 0.3 is 5.97 Å². The Morgan fingerprint density at radius 3 is 2.62 bits per heavy atom. The third-order valence-corrected chi connectivity index (χ3v) is 4.56. The molecule has 118 valence electrons. The first kappa shape index (κ1) is 17.4. The Labute approximate surface area is 123 Å². The number of carboxylic acids is 1. The summed E-state index contributed by atoms with van der Waals surface area (Å²) in [7, 11) is -3.77. The van der Waals surface area contributed by atoms with Gasteiger partial charge in [0.2, 0.25) is 10.0 Å². The minimum absolute atomic E-state index is 0.0658. The number of aliphatic hydroxyl groups excluding tert-OH is 1. The van der Waals surface area contributed by atoms with Crippen LogP contribution in [0.2, 0.25) is 0 Å². The van der Waals surface area contributed by atoms with Crippen LogP contribution >= 0.6 is 0 Å². The molecule has 0 radical (unpaired) electrons. The minimum Gasteiger partial charge on any atom is -0.478 e. The van der Waals surface area contributed by atoms with Crippen molar-refractivity contribution >= 4 is 21.7 Å². The molecule has 0 spiro atoms. The van der Waals surface area contributed by atoms with Crippen LogP contribution in [0, 0.1) is 5.92 Å². The van der Waals surface area contributed by atoms with E-state index in [4.69, 9.17) is 15.9 Å². The van der Waals surface area contributed by atoms with Crippen LogP contribution in [-0.2, 0) is 10.0 Å². The smallest absolute Gasteiger partial charge is 0.335 e. The molecule has 0 aliphatic rings. The summed E-state index contributed by atoms with van der Waals surface area (Å²) in [5, 5.41) is 17.7. The molecule has 0 saturated heterocycles. The van der Waals surface area contributed by atoms with Crippen LogP contribution in [0.3, 0.4) is 0 Å². The maximum Gasteiger partial charge on any atom is 0.335 e. The summed E-state index contributed by atoms with van der Waals surface area (Å²) in [6.45, 7) is 2.17. The van der Waals surface area contributed by atoms with Gasteiger partial charge in [-0.25, -0.2) is 17.9 Å². The van der Waals surface area contributed by atoms with E-state index in [0.29, 0.717) is 12.8 Å². The molecule has 0 aliphatic carbocycles. The number of hydrogen-bond acceptors (Lipinski definition) is 5. The van der Waals surface area contributed by atoms with Gasteiger partial charge in [0.25, 0.3) is 0 Å². The Morgan fingerprint density at radius 1 is 1.43 bits per heavy atom. The van der Waals surface area contributed by atoms with E-state index in [2.05, 4.69) is 4.72 Å². The number of nitrogens with two attached hydrogens (primary N) is 1. The Bertz CT molecular complexity index is 601. The van der Waals surface area contributed by atoms with Gasteiger partial charge in [-0.2, -0.15) is 0 Å². The lowest BCUT2D eigenvalue weighted by Crippen LogP contribution is -2.26. The lowest BCUT2D eigenvalue weighted by Gasteiger charge is -2.11. The quantitative estimate of drug-likeness (QED) is 0.411. The Morgan fingerprint density at radius 2 is 2.10 bits per heavy atom. The van der Waals surface area contributed by atoms with Crippen molar-refractivity contribution in [2.24, 2.45) is 5.92 Å². The van der Waals surface area contributed by atoms with Crippen LogP contribution in [0.4, 0.5) is 5.69 Å². The molecule has 0 bridgehead atoms. The third-order valence-electron chi connectivity index (χ3n) is 3.02. The van der Waals surface area contributed by atoms with Gasteiger partial charge in [-0.15, -0.1) is 0 Å². The van der Waals surface area contributed by atoms with Crippen molar-refractivity contribution in [1.82, 2.24) is 4.72 Å². The molecular weight excluding hydrogens is 296 g/mol. The molecule has 8 heteroatoms. The van der Waals surface area contributed by atoms with E-state index in [0.717, 1.165) is 6.07 Å². The minimum atomic E-state index is -3.77. The second-order valence-corrected chi connectivity index (χ2v) is 6.62. The predicted molar refractivity (Wildman–Crippen MR) is 78.5 cm³/mol. The van der Waals surface area contributed by atoms with Crippen molar-refractivity contribution in [2.45, 2.75) is 24.7 Å². The van der Waals surface area contributed by atoms with Gasteiger partial charge in [-0.3, -0.25) is 0 Å². The van der Waals surface area contributed by atoms with E-state index in [1.807, 2.05) is 6.92 Å². The van der Waals surface area contributed by atoms with Crippen LogP contribution in [0.25, 0.3) is 0 Å². The summed E-state index contributed by atoms with van der Waals surface area (Å²) in [5.74, 6) is -1.05. The molecule has 7 nitrogen and oxygen atoms in total. The summed E-state index contributed by atoms with van der Waals surface area (Å²) in [6, 6.07) is 3.49. The normalized spacial score (nSPS) is 13.0. The van der Waals surface area contributed by atoms with E-state index in [9.17, 15) is 13.2 Å². The van der Waals surface area contributed by atoms with Gasteiger partial charge < -0.3 is 15.9 Å². The summed E-state index contributed by atoms with van der Waals surface area (Å²) < 4.78 is 26.5. The highest BCUT2D eigenvalue weighted by Gasteiger charge is 2.18. The predicted octanol–water partition coefficient (Wildman–Crippen LogP) is 0.654. The van der Waals surface area contributed by atoms with Crippen molar-refractivity contribution < 1.29 is 23.4 Å². The number of carboxylic acid groups (broad SMARTS) is 1. The third kappa shape index (κ3) is 5.00. The Kier molecular flexibility index (Phi) is 6.13. The first-order chi connectivity index (χ1) is 9.77. The molecule has 1 rings (SSSR count). The number of nitrogens with one attached hydrogen (secondary N) is 1. The summed E-state index contributed by atoms with van der Waals surface area (Å²) in [5.41, 5.74) is 5.43. The van der Waals surface area contributed by atoms with Crippen molar-refractivity contribution in [1.29, 1.82) is 0 Å². The Balaban J connectivity index is 2.72. The molecule has 0 heterocycles. The van der Waals surface area contributed by atoms with Crippen molar-refractivity contribution in [2.75, 3.05) is 18.9 Å². The molecule has 1 aromatic rings. The monoisotopic (exact) mass is 316 g/mol. The molecule has 1 atom stereocenters. The van der Waals surface area contributed by atoms with Crippen molar-refractivity contribution in [3.05, 3.63) is 23.8 Å². The molecule has 5 N–H and O–H groups in total. The molecule has 21 heavy (non-hydrogen) atoms. The Hall–Kier alpha value is -1.64. The molecule has 0 fully saturated rings. The van der Waals surface area contributed by atoms with Gasteiger partial charge in [0.1, 0.15) is 4.90 Å². The zero-order valence-electron chi connectivity index (χ0n) is 11.7. The average Bonchev–Trinajstić information content (AvgIpc) is 2.42. The molecule has 0 aromatic heterocycles. The van der Waals surface area contributed by atoms with Gasteiger partial charge in [0, 0.05) is 13.2 Å². The zero-order valence-corrected chi connectivity index (χ0v) is 12.6. The second kappa shape index (κ2) is 7.39. The standard InChI is InChI=1S/C13H20N2O5S/c1-9(8-16)3-2-6-15-21(19,20)12-5-4-10(13(17)18)7-11(12)14/h4-5,7,9,15-16H,2-3,6,8,14H2,1H3,(H,17,18). The number of nitrogen functional groups attached to an aromatic ring is 1. The van der Waals surface area contributed by atoms with Crippen molar-refractivity contribution in [3.8, 4) is 0 Å². The first-order valence-electron chi connectivity index (χ1n) is 6.51. The molecule has 1 aromatic carbocycles. The average molecular weight is 316 g/mol. The molecular formula is C13H20N2O5S. The number of aromatic carboxylic acids is 1. The fourth-order valence-corrected chi connectivity index (χ4v) is 2.94. The van der Waals surface area contributed by atoms with E-state index < -0.39 is 16.0 Å². The largest absolute Gasteiger partial charge is 0.478 e. The van der Waals surface area contributed by atoms with Crippen molar-refractivity contribution in [3.63, 3.8) is 0 Å². The van der Waals surface area contributed by atoms with Crippen LogP contribution in [0.5, 0.6) is 0 Å². The maximum atomic E-state index is 12.1. The zero-order chi connectivity index (χ0) is 16.0. The van der Waals surface area contributed by atoms with Gasteiger partial charge in [0.05, 0.1) is 11.3 Å². The van der Waals surface area contributed by atoms with Gasteiger partial charge in [-0.05, 0) is 37.0 Å². The first-order valence-corrected chi connectivity index (χ1v) is 7.99. The number of sulfonamides is 1. The highest BCUT2D eigenvalue weighted by Crippen LogP contribution is 2.19. The lowest BCUT2D eigenvalue weighted by atomic mass is 10.1. The molecule has 0 aliphatic heterocycles. The van der Waals surface area contributed by atoms with E-state index >= 15 is 0 Å². The molecule has 0 saturated carbocycles. The number of rotatable bonds is 8. The highest BCUT2D eigenvalue weighted by molar-refractivity contribution is 7.89. The number of benzene rings is 1. The molecule has 1 unspecified atom stereocenters. The van der Waals surface area contributed by atoms with E-state index in [1.54, 1.807) is 0 Å². The fraction of sp³-hybridized carbons (Fsp3) is 0.462. The number of carbonyl (C=O) groups is 1. The summed E-state index contributed by atoms with van der Waals surface area (Å²) in [6.07, 6.45) is 1.29. The van der Waals surface area contributed by atoms with E-state index in [1.165, 1.54) is 12.1 Å². The second-order valence-electron chi connectivity index (χ2n) is 4.89. The molecule has 0 amide bonds. The number of anilines is 1. The lowest BCUT2D eigenvalue weighted by molar-refractivity contribution is 0.0697. The highest BCUT2D eigenvalue weighted by atomic mass is 32.2. The van der Waals surface area contributed by atoms with Crippen LogP contribution < -0.4 is 10.5 Å². The maximum absolute atomic E-state index is 12.1. The SMILES string of the molecule is CC(CO)CCCNS(=O)(=O)c1ccc(C(=O)O)cc1N. The van der Waals surface area contributed by atoms with Crippen LogP contribution in [0.15, 0.2) is 23.1 Å². The number of aliphatic hydroxyl groups is 1. The summed E-state index contributed by atoms with van der Waals surface area (Å²) >= 11 is 0. The van der Waals surface area contributed by atoms with Gasteiger partial charge in [0.15, 0.2) is 0 Å². The topological polar surface area (TPSA) is 130 Å². The fourth-order valence-electron chi connectivity index (χ4n) is 1.75. The van der Waals surface area contributed by atoms with E-state index in [-0.39, 0.29) is 35.2 Å². The summed E-state index contributed by atoms with van der Waals surface area (Å²) in [4.78, 5) is 10.6. The van der Waals surface area contributed by atoms with Gasteiger partial charge in [-0.1, -0.05) is 6.92 Å². The van der Waals surface area contributed by atoms with Crippen LogP contribution in [-0.4, -0.2) is 37.8 Å². The number of hydrogen-bond donors (Lipinski definition) is 4.